The second kappa shape index (κ2) is 11.7. The zero-order valence-corrected chi connectivity index (χ0v) is 19.8. The molecular formula is C14H28F3N4O2PS3. The summed E-state index contributed by atoms with van der Waals surface area (Å²) in [7, 11) is 2.49. The van der Waals surface area contributed by atoms with Gasteiger partial charge in [-0.05, 0) is 20.3 Å². The molecule has 0 saturated heterocycles. The highest BCUT2D eigenvalue weighted by atomic mass is 32.7. The van der Waals surface area contributed by atoms with Crippen molar-refractivity contribution < 1.29 is 22.5 Å². The highest BCUT2D eigenvalue weighted by Gasteiger charge is 2.46. The van der Waals surface area contributed by atoms with Crippen LogP contribution in [0.3, 0.4) is 0 Å². The van der Waals surface area contributed by atoms with Crippen LogP contribution in [0.1, 0.15) is 34.1 Å². The molecule has 0 aromatic heterocycles. The Labute approximate surface area is 173 Å². The Bertz CT molecular complexity index is 550. The summed E-state index contributed by atoms with van der Waals surface area (Å²) in [6.45, 7) is 4.89. The molecule has 27 heavy (non-hydrogen) atoms. The number of hydrogen-bond acceptors (Lipinski definition) is 5. The number of carbonyl (C=O) groups is 1. The summed E-state index contributed by atoms with van der Waals surface area (Å²) in [5.41, 5.74) is 0. The monoisotopic (exact) mass is 468 g/mol. The van der Waals surface area contributed by atoms with Crippen LogP contribution in [0.15, 0.2) is 0 Å². The van der Waals surface area contributed by atoms with Crippen molar-refractivity contribution in [2.75, 3.05) is 39.5 Å². The van der Waals surface area contributed by atoms with Gasteiger partial charge in [-0.1, -0.05) is 37.4 Å². The summed E-state index contributed by atoms with van der Waals surface area (Å²) < 4.78 is 55.8. The standard InChI is InChI=1S/C14H28F3N4O2PS3/c1-7-11-21(13(22)20(8-2)9-3)27-19(6)24(23,26-10-4)18(5)12(25)14(15,16)17/h7-11H2,1-6H3. The van der Waals surface area contributed by atoms with Crippen molar-refractivity contribution in [2.45, 2.75) is 40.3 Å². The molecule has 0 fully saturated rings. The van der Waals surface area contributed by atoms with Gasteiger partial charge in [0.05, 0.1) is 12.1 Å². The minimum absolute atomic E-state index is 0.271. The van der Waals surface area contributed by atoms with E-state index in [9.17, 15) is 22.5 Å². The molecule has 0 aliphatic rings. The summed E-state index contributed by atoms with van der Waals surface area (Å²) in [5, 5.41) is 0. The number of rotatable bonds is 10. The maximum atomic E-state index is 13.4. The Morgan fingerprint density at radius 1 is 1.11 bits per heavy atom. The van der Waals surface area contributed by atoms with Gasteiger partial charge >= 0.3 is 18.9 Å². The molecule has 0 aliphatic heterocycles. The second-order valence-corrected chi connectivity index (χ2v) is 12.4. The SMILES string of the molecule is CCCN(SN(C)P(=O)(SCC)N(C)C(=S)C(F)(F)F)C(=O)N(CC)CC. The molecule has 0 spiro atoms. The van der Waals surface area contributed by atoms with Crippen molar-refractivity contribution in [3.63, 3.8) is 0 Å². The highest BCUT2D eigenvalue weighted by Crippen LogP contribution is 2.66. The Morgan fingerprint density at radius 2 is 1.63 bits per heavy atom. The van der Waals surface area contributed by atoms with Gasteiger partial charge in [-0.15, -0.1) is 0 Å². The lowest BCUT2D eigenvalue weighted by atomic mass is 10.5. The lowest BCUT2D eigenvalue weighted by Crippen LogP contribution is -2.42. The van der Waals surface area contributed by atoms with E-state index in [1.165, 1.54) is 15.4 Å². The van der Waals surface area contributed by atoms with E-state index >= 15 is 0 Å². The molecule has 0 aliphatic carbocycles. The number of halogens is 3. The molecule has 6 nitrogen and oxygen atoms in total. The maximum absolute atomic E-state index is 13.4. The molecule has 0 aromatic carbocycles. The van der Waals surface area contributed by atoms with E-state index in [4.69, 9.17) is 0 Å². The van der Waals surface area contributed by atoms with Gasteiger partial charge in [0.1, 0.15) is 0 Å². The van der Waals surface area contributed by atoms with Gasteiger partial charge in [-0.25, -0.2) is 4.79 Å². The van der Waals surface area contributed by atoms with E-state index in [0.717, 1.165) is 30.6 Å². The number of nitrogens with zero attached hydrogens (tertiary/aromatic N) is 4. The summed E-state index contributed by atoms with van der Waals surface area (Å²) in [6, 6.07) is -0.271. The zero-order chi connectivity index (χ0) is 21.4. The van der Waals surface area contributed by atoms with E-state index in [2.05, 4.69) is 12.2 Å². The molecule has 1 unspecified atom stereocenters. The van der Waals surface area contributed by atoms with E-state index in [0.29, 0.717) is 36.5 Å². The van der Waals surface area contributed by atoms with Crippen molar-refractivity contribution >= 4 is 53.4 Å². The minimum Gasteiger partial charge on any atom is -0.324 e. The van der Waals surface area contributed by atoms with Gasteiger partial charge in [0.15, 0.2) is 4.99 Å². The Hall–Kier alpha value is -0.160. The predicted molar refractivity (Wildman–Crippen MR) is 113 cm³/mol. The van der Waals surface area contributed by atoms with Crippen LogP contribution in [0.5, 0.6) is 0 Å². The minimum atomic E-state index is -4.76. The summed E-state index contributed by atoms with van der Waals surface area (Å²) in [6.07, 6.45) is -4.12. The summed E-state index contributed by atoms with van der Waals surface area (Å²) in [5.74, 6) is 0.324. The van der Waals surface area contributed by atoms with E-state index < -0.39 is 17.8 Å². The molecule has 0 bridgehead atoms. The molecule has 0 N–H and O–H groups in total. The molecule has 1 atom stereocenters. The predicted octanol–water partition coefficient (Wildman–Crippen LogP) is 5.34. The van der Waals surface area contributed by atoms with Crippen LogP contribution in [0.2, 0.25) is 0 Å². The van der Waals surface area contributed by atoms with Crippen molar-refractivity contribution in [1.29, 1.82) is 0 Å². The van der Waals surface area contributed by atoms with Gasteiger partial charge in [-0.2, -0.15) is 17.2 Å². The zero-order valence-electron chi connectivity index (χ0n) is 16.4. The topological polar surface area (TPSA) is 47.1 Å². The Kier molecular flexibility index (Phi) is 11.7. The molecule has 0 radical (unpaired) electrons. The first kappa shape index (κ1) is 26.8. The van der Waals surface area contributed by atoms with Crippen molar-refractivity contribution in [2.24, 2.45) is 0 Å². The molecule has 0 rings (SSSR count). The first-order valence-corrected chi connectivity index (χ1v) is 12.8. The van der Waals surface area contributed by atoms with Crippen molar-refractivity contribution in [1.82, 2.24) is 18.0 Å². The van der Waals surface area contributed by atoms with Gasteiger partial charge in [-0.3, -0.25) is 13.5 Å². The highest BCUT2D eigenvalue weighted by molar-refractivity contribution is 8.57. The molecule has 2 amide bonds. The molecule has 0 saturated carbocycles. The van der Waals surface area contributed by atoms with Crippen LogP contribution in [0.4, 0.5) is 18.0 Å². The first-order valence-electron chi connectivity index (χ1n) is 8.49. The molecule has 13 heteroatoms. The van der Waals surface area contributed by atoms with E-state index in [1.807, 2.05) is 20.8 Å². The van der Waals surface area contributed by atoms with Gasteiger partial charge < -0.3 is 4.90 Å². The second-order valence-electron chi connectivity index (χ2n) is 5.34. The summed E-state index contributed by atoms with van der Waals surface area (Å²) >= 11 is 6.22. The van der Waals surface area contributed by atoms with Crippen molar-refractivity contribution in [3.05, 3.63) is 0 Å². The van der Waals surface area contributed by atoms with Crippen LogP contribution in [0.25, 0.3) is 0 Å². The average Bonchev–Trinajstić information content (AvgIpc) is 2.60. The van der Waals surface area contributed by atoms with Crippen LogP contribution in [-0.4, -0.2) is 74.6 Å². The van der Waals surface area contributed by atoms with Crippen LogP contribution in [0, 0.1) is 0 Å². The third kappa shape index (κ3) is 7.30. The lowest BCUT2D eigenvalue weighted by molar-refractivity contribution is -0.0621. The van der Waals surface area contributed by atoms with Gasteiger partial charge in [0.25, 0.3) is 0 Å². The number of carbonyl (C=O) groups excluding carboxylic acids is 1. The molecule has 160 valence electrons. The largest absolute Gasteiger partial charge is 0.442 e. The fourth-order valence-corrected chi connectivity index (χ4v) is 8.57. The maximum Gasteiger partial charge on any atom is 0.442 e. The van der Waals surface area contributed by atoms with E-state index in [1.54, 1.807) is 11.8 Å². The fourth-order valence-electron chi connectivity index (χ4n) is 2.04. The third-order valence-corrected chi connectivity index (χ3v) is 11.6. The van der Waals surface area contributed by atoms with Gasteiger partial charge in [0, 0.05) is 39.5 Å². The quantitative estimate of drug-likeness (QED) is 0.244. The van der Waals surface area contributed by atoms with Crippen LogP contribution >= 0.6 is 42.4 Å². The van der Waals surface area contributed by atoms with Gasteiger partial charge in [0.2, 0.25) is 0 Å². The molecular weight excluding hydrogens is 440 g/mol. The number of hydrogen-bond donors (Lipinski definition) is 0. The van der Waals surface area contributed by atoms with Crippen molar-refractivity contribution in [3.8, 4) is 0 Å². The molecule has 0 heterocycles. The average molecular weight is 469 g/mol. The van der Waals surface area contributed by atoms with E-state index in [-0.39, 0.29) is 6.03 Å². The summed E-state index contributed by atoms with van der Waals surface area (Å²) in [4.78, 5) is 12.9. The first-order chi connectivity index (χ1) is 12.4. The fraction of sp³-hybridized carbons (Fsp3) is 0.857. The molecule has 0 aromatic rings. The number of thiocarbonyl (C=S) groups is 1. The smallest absolute Gasteiger partial charge is 0.324 e. The van der Waals surface area contributed by atoms with Crippen LogP contribution in [-0.2, 0) is 4.57 Å². The number of urea groups is 1. The normalized spacial score (nSPS) is 14.0. The number of alkyl halides is 3. The number of amides is 2. The Morgan fingerprint density at radius 3 is 2.00 bits per heavy atom. The third-order valence-electron chi connectivity index (χ3n) is 3.46. The Balaban J connectivity index is 5.66. The lowest BCUT2D eigenvalue weighted by Gasteiger charge is -2.37. The van der Waals surface area contributed by atoms with Crippen LogP contribution < -0.4 is 0 Å².